The molecule has 1 aromatic heterocycles. The van der Waals surface area contributed by atoms with Crippen molar-refractivity contribution in [2.75, 3.05) is 18.4 Å². The average molecular weight is 380 g/mol. The number of rotatable bonds is 1. The predicted octanol–water partition coefficient (Wildman–Crippen LogP) is 3.02. The van der Waals surface area contributed by atoms with Crippen LogP contribution < -0.4 is 10.6 Å². The number of hydrogen-bond donors (Lipinski definition) is 2. The van der Waals surface area contributed by atoms with E-state index >= 15 is 0 Å². The number of amidine groups is 1. The molecule has 1 saturated heterocycles. The maximum absolute atomic E-state index is 13.1. The second kappa shape index (κ2) is 6.78. The molecule has 1 spiro atoms. The molecule has 28 heavy (non-hydrogen) atoms. The van der Waals surface area contributed by atoms with Crippen LogP contribution in [0.5, 0.6) is 0 Å². The lowest BCUT2D eigenvalue weighted by Gasteiger charge is -2.32. The highest BCUT2D eigenvalue weighted by Gasteiger charge is 2.46. The van der Waals surface area contributed by atoms with Crippen molar-refractivity contribution in [2.45, 2.75) is 44.8 Å². The molecule has 1 unspecified atom stereocenters. The van der Waals surface area contributed by atoms with Crippen molar-refractivity contribution in [3.8, 4) is 0 Å². The number of aliphatic imine (C=N–C) groups is 1. The van der Waals surface area contributed by atoms with E-state index in [9.17, 15) is 4.79 Å². The monoisotopic (exact) mass is 379 g/mol. The second-order valence-corrected chi connectivity index (χ2v) is 8.83. The molecule has 2 aromatic rings. The van der Waals surface area contributed by atoms with Gasteiger partial charge in [-0.3, -0.25) is 15.1 Å². The number of aromatic nitrogens is 1. The molecule has 1 amide bonds. The minimum atomic E-state index is -0.368. The van der Waals surface area contributed by atoms with Crippen molar-refractivity contribution >= 4 is 17.4 Å². The smallest absolute Gasteiger partial charge is 0.270 e. The SMILES string of the molecule is Cn1cccc1C(=O)N1CCC2(C1)NCc1ccccc1NC2=NC(C)(C)C. The van der Waals surface area contributed by atoms with E-state index in [1.54, 1.807) is 0 Å². The Bertz CT molecular complexity index is 923. The lowest BCUT2D eigenvalue weighted by atomic mass is 9.95. The van der Waals surface area contributed by atoms with E-state index in [1.807, 2.05) is 40.9 Å². The van der Waals surface area contributed by atoms with Crippen LogP contribution in [0.1, 0.15) is 43.2 Å². The minimum Gasteiger partial charge on any atom is -0.347 e. The van der Waals surface area contributed by atoms with E-state index in [1.165, 1.54) is 5.56 Å². The number of aryl methyl sites for hydroxylation is 1. The van der Waals surface area contributed by atoms with E-state index in [0.717, 1.165) is 30.2 Å². The van der Waals surface area contributed by atoms with Crippen LogP contribution in [0.4, 0.5) is 5.69 Å². The first-order chi connectivity index (χ1) is 13.3. The second-order valence-electron chi connectivity index (χ2n) is 8.83. The molecule has 0 bridgehead atoms. The third kappa shape index (κ3) is 3.44. The number of nitrogens with one attached hydrogen (secondary N) is 2. The van der Waals surface area contributed by atoms with Gasteiger partial charge >= 0.3 is 0 Å². The topological polar surface area (TPSA) is 61.7 Å². The highest BCUT2D eigenvalue weighted by molar-refractivity contribution is 6.05. The van der Waals surface area contributed by atoms with E-state index in [2.05, 4.69) is 49.6 Å². The summed E-state index contributed by atoms with van der Waals surface area (Å²) in [6.07, 6.45) is 2.74. The fraction of sp³-hybridized carbons (Fsp3) is 0.455. The van der Waals surface area contributed by atoms with E-state index in [-0.39, 0.29) is 17.0 Å². The third-order valence-electron chi connectivity index (χ3n) is 5.51. The van der Waals surface area contributed by atoms with Crippen molar-refractivity contribution in [2.24, 2.45) is 12.0 Å². The summed E-state index contributed by atoms with van der Waals surface area (Å²) in [5.41, 5.74) is 2.44. The van der Waals surface area contributed by atoms with Crippen LogP contribution in [0.2, 0.25) is 0 Å². The summed E-state index contributed by atoms with van der Waals surface area (Å²) < 4.78 is 1.88. The van der Waals surface area contributed by atoms with Gasteiger partial charge in [0, 0.05) is 38.6 Å². The number of likely N-dealkylation sites (tertiary alicyclic amines) is 1. The van der Waals surface area contributed by atoms with Crippen LogP contribution in [0, 0.1) is 0 Å². The number of hydrogen-bond acceptors (Lipinski definition) is 3. The van der Waals surface area contributed by atoms with Crippen molar-refractivity contribution in [3.05, 3.63) is 53.9 Å². The van der Waals surface area contributed by atoms with Crippen molar-refractivity contribution < 1.29 is 4.79 Å². The van der Waals surface area contributed by atoms with Crippen LogP contribution in [0.25, 0.3) is 0 Å². The zero-order valence-corrected chi connectivity index (χ0v) is 17.1. The molecule has 6 heteroatoms. The van der Waals surface area contributed by atoms with Gasteiger partial charge in [-0.2, -0.15) is 0 Å². The maximum atomic E-state index is 13.1. The fourth-order valence-corrected chi connectivity index (χ4v) is 4.03. The van der Waals surface area contributed by atoms with Crippen LogP contribution in [0.15, 0.2) is 47.6 Å². The van der Waals surface area contributed by atoms with E-state index < -0.39 is 0 Å². The first-order valence-corrected chi connectivity index (χ1v) is 9.88. The molecule has 148 valence electrons. The molecule has 1 aromatic carbocycles. The Morgan fingerprint density at radius 2 is 1.96 bits per heavy atom. The summed E-state index contributed by atoms with van der Waals surface area (Å²) in [5.74, 6) is 0.996. The van der Waals surface area contributed by atoms with Gasteiger partial charge < -0.3 is 14.8 Å². The van der Waals surface area contributed by atoms with Crippen LogP contribution in [-0.4, -0.2) is 45.4 Å². The van der Waals surface area contributed by atoms with Crippen LogP contribution >= 0.6 is 0 Å². The zero-order valence-electron chi connectivity index (χ0n) is 17.1. The maximum Gasteiger partial charge on any atom is 0.270 e. The van der Waals surface area contributed by atoms with Crippen LogP contribution in [0.3, 0.4) is 0 Å². The summed E-state index contributed by atoms with van der Waals surface area (Å²) >= 11 is 0. The largest absolute Gasteiger partial charge is 0.347 e. The highest BCUT2D eigenvalue weighted by atomic mass is 16.2. The molecule has 0 aliphatic carbocycles. The number of carbonyl (C=O) groups is 1. The van der Waals surface area contributed by atoms with Gasteiger partial charge in [-0.1, -0.05) is 18.2 Å². The molecule has 0 saturated carbocycles. The van der Waals surface area contributed by atoms with Crippen LogP contribution in [-0.2, 0) is 13.6 Å². The molecule has 2 aliphatic heterocycles. The summed E-state index contributed by atoms with van der Waals surface area (Å²) in [6, 6.07) is 12.1. The Morgan fingerprint density at radius 1 is 1.18 bits per heavy atom. The third-order valence-corrected chi connectivity index (χ3v) is 5.51. The molecular formula is C22H29N5O. The quantitative estimate of drug-likeness (QED) is 0.801. The Hall–Kier alpha value is -2.60. The van der Waals surface area contributed by atoms with Gasteiger partial charge in [-0.25, -0.2) is 0 Å². The number of benzene rings is 1. The Kier molecular flexibility index (Phi) is 4.54. The van der Waals surface area contributed by atoms with Gasteiger partial charge in [0.15, 0.2) is 0 Å². The number of para-hydroxylation sites is 1. The first kappa shape index (κ1) is 18.7. The lowest BCUT2D eigenvalue weighted by molar-refractivity contribution is 0.0776. The number of carbonyl (C=O) groups excluding carboxylic acids is 1. The van der Waals surface area contributed by atoms with Crippen molar-refractivity contribution in [1.29, 1.82) is 0 Å². The van der Waals surface area contributed by atoms with Crippen molar-refractivity contribution in [1.82, 2.24) is 14.8 Å². The molecule has 6 nitrogen and oxygen atoms in total. The Labute approximate surface area is 166 Å². The summed E-state index contributed by atoms with van der Waals surface area (Å²) in [4.78, 5) is 20.0. The van der Waals surface area contributed by atoms with Crippen molar-refractivity contribution in [3.63, 3.8) is 0 Å². The Morgan fingerprint density at radius 3 is 2.68 bits per heavy atom. The average Bonchev–Trinajstić information content (AvgIpc) is 3.22. The van der Waals surface area contributed by atoms with Gasteiger partial charge in [0.05, 0.1) is 11.1 Å². The lowest BCUT2D eigenvalue weighted by Crippen LogP contribution is -2.56. The van der Waals surface area contributed by atoms with Gasteiger partial charge in [0.25, 0.3) is 5.91 Å². The molecule has 2 aliphatic rings. The summed E-state index contributed by atoms with van der Waals surface area (Å²) in [6.45, 7) is 8.37. The molecule has 0 radical (unpaired) electrons. The molecule has 1 fully saturated rings. The minimum absolute atomic E-state index is 0.0723. The van der Waals surface area contributed by atoms with E-state index in [0.29, 0.717) is 13.1 Å². The number of amides is 1. The van der Waals surface area contributed by atoms with Gasteiger partial charge in [0.1, 0.15) is 11.5 Å². The Balaban J connectivity index is 1.68. The van der Waals surface area contributed by atoms with Gasteiger partial charge in [-0.05, 0) is 51.0 Å². The van der Waals surface area contributed by atoms with Gasteiger partial charge in [0.2, 0.25) is 0 Å². The van der Waals surface area contributed by atoms with Gasteiger partial charge in [-0.15, -0.1) is 0 Å². The number of fused-ring (bicyclic) bond motifs is 1. The standard InChI is InChI=1S/C22H29N5O/c1-21(2,3)25-20-22(23-14-16-8-5-6-9-17(16)24-20)11-13-27(15-22)19(28)18-10-7-12-26(18)4/h5-10,12,23H,11,13-15H2,1-4H3,(H,24,25). The first-order valence-electron chi connectivity index (χ1n) is 9.88. The molecule has 1 atom stereocenters. The molecule has 3 heterocycles. The highest BCUT2D eigenvalue weighted by Crippen LogP contribution is 2.31. The fourth-order valence-electron chi connectivity index (χ4n) is 4.03. The molecular weight excluding hydrogens is 350 g/mol. The molecule has 4 rings (SSSR count). The molecule has 2 N–H and O–H groups in total. The zero-order chi connectivity index (χ0) is 19.9. The predicted molar refractivity (Wildman–Crippen MR) is 113 cm³/mol. The normalized spacial score (nSPS) is 23.6. The number of anilines is 1. The summed E-state index contributed by atoms with van der Waals surface area (Å²) in [7, 11) is 1.91. The summed E-state index contributed by atoms with van der Waals surface area (Å²) in [5, 5.41) is 7.34. The van der Waals surface area contributed by atoms with E-state index in [4.69, 9.17) is 4.99 Å². The number of nitrogens with zero attached hydrogens (tertiary/aromatic N) is 3.